The quantitative estimate of drug-likeness (QED) is 0.420. The predicted molar refractivity (Wildman–Crippen MR) is 49.8 cm³/mol. The van der Waals surface area contributed by atoms with Crippen molar-refractivity contribution in [2.45, 2.75) is 19.3 Å². The van der Waals surface area contributed by atoms with E-state index < -0.39 is 5.97 Å². The lowest BCUT2D eigenvalue weighted by molar-refractivity contribution is -0.133. The van der Waals surface area contributed by atoms with Crippen molar-refractivity contribution >= 4 is 5.97 Å². The van der Waals surface area contributed by atoms with Gasteiger partial charge in [-0.15, -0.1) is 0 Å². The fraction of sp³-hybridized carbons (Fsp3) is 0.667. The summed E-state index contributed by atoms with van der Waals surface area (Å²) in [5.74, 6) is -1.10. The highest BCUT2D eigenvalue weighted by Crippen LogP contribution is 2.16. The summed E-state index contributed by atoms with van der Waals surface area (Å²) >= 11 is 0. The van der Waals surface area contributed by atoms with Crippen molar-refractivity contribution < 1.29 is 25.2 Å². The van der Waals surface area contributed by atoms with Gasteiger partial charge >= 0.3 is 5.97 Å². The molecule has 0 aliphatic carbocycles. The largest absolute Gasteiger partial charge is 0.478 e. The van der Waals surface area contributed by atoms with E-state index in [0.717, 1.165) is 0 Å². The van der Waals surface area contributed by atoms with Crippen molar-refractivity contribution in [3.63, 3.8) is 0 Å². The van der Waals surface area contributed by atoms with Gasteiger partial charge in [0.1, 0.15) is 0 Å². The molecule has 0 atom stereocenters. The maximum absolute atomic E-state index is 10.7. The summed E-state index contributed by atoms with van der Waals surface area (Å²) in [7, 11) is 0. The first kappa shape index (κ1) is 13.1. The third-order valence-corrected chi connectivity index (χ3v) is 1.87. The molecule has 5 heteroatoms. The van der Waals surface area contributed by atoms with Gasteiger partial charge in [0.25, 0.3) is 0 Å². The van der Waals surface area contributed by atoms with Crippen LogP contribution in [0.2, 0.25) is 0 Å². The van der Waals surface area contributed by atoms with Gasteiger partial charge in [-0.05, 0) is 12.8 Å². The van der Waals surface area contributed by atoms with Crippen LogP contribution in [0.5, 0.6) is 0 Å². The molecule has 0 saturated heterocycles. The number of aliphatic hydroxyl groups excluding tert-OH is 3. The molecule has 0 spiro atoms. The summed E-state index contributed by atoms with van der Waals surface area (Å²) < 4.78 is 0. The summed E-state index contributed by atoms with van der Waals surface area (Å²) in [6, 6.07) is 0. The first-order chi connectivity index (χ1) is 6.67. The number of aliphatic carboxylic acids is 1. The summed E-state index contributed by atoms with van der Waals surface area (Å²) in [5.41, 5.74) is 0.590. The minimum absolute atomic E-state index is 0.0463. The minimum Gasteiger partial charge on any atom is -0.478 e. The topological polar surface area (TPSA) is 98.0 Å². The summed E-state index contributed by atoms with van der Waals surface area (Å²) in [5, 5.41) is 34.8. The number of hydrogen-bond donors (Lipinski definition) is 4. The lowest BCUT2D eigenvalue weighted by Crippen LogP contribution is -2.09. The second-order valence-corrected chi connectivity index (χ2v) is 2.81. The van der Waals surface area contributed by atoms with Crippen LogP contribution in [-0.2, 0) is 4.79 Å². The fourth-order valence-corrected chi connectivity index (χ4v) is 1.24. The SMILES string of the molecule is O=C(O)C(CCO)=C(CCO)CCO. The molecule has 0 aromatic heterocycles. The van der Waals surface area contributed by atoms with Crippen molar-refractivity contribution in [1.82, 2.24) is 0 Å². The van der Waals surface area contributed by atoms with Gasteiger partial charge in [-0.3, -0.25) is 0 Å². The Kier molecular flexibility index (Phi) is 7.00. The Labute approximate surface area is 82.3 Å². The number of rotatable bonds is 7. The standard InChI is InChI=1S/C9H16O5/c10-4-1-7(2-5-11)8(3-6-12)9(13)14/h10-12H,1-6H2,(H,13,14). The van der Waals surface area contributed by atoms with Gasteiger partial charge in [-0.2, -0.15) is 0 Å². The molecule has 0 radical (unpaired) electrons. The number of hydrogen-bond acceptors (Lipinski definition) is 4. The number of carbonyl (C=O) groups is 1. The van der Waals surface area contributed by atoms with E-state index in [9.17, 15) is 4.79 Å². The normalized spacial score (nSPS) is 9.93. The molecule has 0 rings (SSSR count). The van der Waals surface area contributed by atoms with Crippen LogP contribution in [0.1, 0.15) is 19.3 Å². The van der Waals surface area contributed by atoms with E-state index >= 15 is 0 Å². The van der Waals surface area contributed by atoms with Crippen LogP contribution in [0, 0.1) is 0 Å². The second-order valence-electron chi connectivity index (χ2n) is 2.81. The van der Waals surface area contributed by atoms with Gasteiger partial charge in [-0.1, -0.05) is 5.57 Å². The van der Waals surface area contributed by atoms with Gasteiger partial charge in [-0.25, -0.2) is 4.79 Å². The van der Waals surface area contributed by atoms with E-state index in [1.165, 1.54) is 0 Å². The highest BCUT2D eigenvalue weighted by Gasteiger charge is 2.12. The third-order valence-electron chi connectivity index (χ3n) is 1.87. The molecule has 0 aliphatic rings. The molecule has 14 heavy (non-hydrogen) atoms. The number of carboxylic acids is 1. The molecule has 0 bridgehead atoms. The van der Waals surface area contributed by atoms with Crippen molar-refractivity contribution in [1.29, 1.82) is 0 Å². The monoisotopic (exact) mass is 204 g/mol. The van der Waals surface area contributed by atoms with Gasteiger partial charge in [0.15, 0.2) is 0 Å². The van der Waals surface area contributed by atoms with E-state index in [0.29, 0.717) is 5.57 Å². The zero-order valence-corrected chi connectivity index (χ0v) is 7.94. The Balaban J connectivity index is 4.72. The Bertz CT molecular complexity index is 201. The molecule has 0 heterocycles. The van der Waals surface area contributed by atoms with E-state index in [-0.39, 0.29) is 44.7 Å². The average Bonchev–Trinajstić information content (AvgIpc) is 2.13. The van der Waals surface area contributed by atoms with Crippen LogP contribution < -0.4 is 0 Å². The Morgan fingerprint density at radius 2 is 1.29 bits per heavy atom. The fourth-order valence-electron chi connectivity index (χ4n) is 1.24. The minimum atomic E-state index is -1.10. The van der Waals surface area contributed by atoms with Gasteiger partial charge in [0, 0.05) is 31.8 Å². The Morgan fingerprint density at radius 1 is 0.857 bits per heavy atom. The molecule has 0 unspecified atom stereocenters. The zero-order valence-electron chi connectivity index (χ0n) is 7.94. The van der Waals surface area contributed by atoms with Crippen molar-refractivity contribution in [3.8, 4) is 0 Å². The smallest absolute Gasteiger partial charge is 0.331 e. The maximum atomic E-state index is 10.7. The van der Waals surface area contributed by atoms with Crippen LogP contribution in [0.25, 0.3) is 0 Å². The summed E-state index contributed by atoms with van der Waals surface area (Å²) in [6.45, 7) is -0.558. The molecule has 82 valence electrons. The van der Waals surface area contributed by atoms with Crippen LogP contribution in [0.4, 0.5) is 0 Å². The van der Waals surface area contributed by atoms with Crippen molar-refractivity contribution in [2.75, 3.05) is 19.8 Å². The zero-order chi connectivity index (χ0) is 11.0. The number of carboxylic acid groups (broad SMARTS) is 1. The van der Waals surface area contributed by atoms with Crippen LogP contribution in [0.3, 0.4) is 0 Å². The van der Waals surface area contributed by atoms with Gasteiger partial charge < -0.3 is 20.4 Å². The number of aliphatic hydroxyl groups is 3. The predicted octanol–water partition coefficient (Wildman–Crippen LogP) is -0.485. The molecular weight excluding hydrogens is 188 g/mol. The first-order valence-electron chi connectivity index (χ1n) is 4.44. The van der Waals surface area contributed by atoms with Crippen LogP contribution in [-0.4, -0.2) is 46.2 Å². The van der Waals surface area contributed by atoms with Gasteiger partial charge in [0.05, 0.1) is 0 Å². The van der Waals surface area contributed by atoms with Crippen molar-refractivity contribution in [3.05, 3.63) is 11.1 Å². The van der Waals surface area contributed by atoms with E-state index in [2.05, 4.69) is 0 Å². The second kappa shape index (κ2) is 7.49. The molecule has 0 fully saturated rings. The Morgan fingerprint density at radius 3 is 1.57 bits per heavy atom. The molecule has 0 amide bonds. The molecule has 0 aromatic carbocycles. The highest BCUT2D eigenvalue weighted by molar-refractivity contribution is 5.87. The van der Waals surface area contributed by atoms with E-state index in [4.69, 9.17) is 20.4 Å². The molecule has 4 N–H and O–H groups in total. The van der Waals surface area contributed by atoms with E-state index in [1.54, 1.807) is 0 Å². The first-order valence-corrected chi connectivity index (χ1v) is 4.44. The molecular formula is C9H16O5. The molecule has 0 saturated carbocycles. The average molecular weight is 204 g/mol. The van der Waals surface area contributed by atoms with Gasteiger partial charge in [0.2, 0.25) is 0 Å². The molecule has 0 aromatic rings. The molecule has 5 nitrogen and oxygen atoms in total. The maximum Gasteiger partial charge on any atom is 0.331 e. The molecule has 0 aliphatic heterocycles. The Hall–Kier alpha value is -0.910. The lowest BCUT2D eigenvalue weighted by Gasteiger charge is -2.09. The van der Waals surface area contributed by atoms with Crippen molar-refractivity contribution in [2.24, 2.45) is 0 Å². The van der Waals surface area contributed by atoms with E-state index in [1.807, 2.05) is 0 Å². The lowest BCUT2D eigenvalue weighted by atomic mass is 10.00. The third kappa shape index (κ3) is 4.36. The van der Waals surface area contributed by atoms with Crippen LogP contribution >= 0.6 is 0 Å². The van der Waals surface area contributed by atoms with Crippen LogP contribution in [0.15, 0.2) is 11.1 Å². The summed E-state index contributed by atoms with van der Waals surface area (Å²) in [4.78, 5) is 10.7. The summed E-state index contributed by atoms with van der Waals surface area (Å²) in [6.07, 6.45) is 0.495. The highest BCUT2D eigenvalue weighted by atomic mass is 16.4.